The highest BCUT2D eigenvalue weighted by atomic mass is 35.5. The number of ketones is 1. The van der Waals surface area contributed by atoms with Gasteiger partial charge in [0.05, 0.1) is 26.4 Å². The molecular formula is C28H29Cl2NO5. The Morgan fingerprint density at radius 2 is 1.81 bits per heavy atom. The Morgan fingerprint density at radius 1 is 1.06 bits per heavy atom. The van der Waals surface area contributed by atoms with Gasteiger partial charge in [-0.15, -0.1) is 0 Å². The molecule has 36 heavy (non-hydrogen) atoms. The van der Waals surface area contributed by atoms with Crippen LogP contribution < -0.4 is 14.8 Å². The molecule has 1 aliphatic carbocycles. The summed E-state index contributed by atoms with van der Waals surface area (Å²) in [5.41, 5.74) is 3.99. The smallest absolute Gasteiger partial charge is 0.336 e. The summed E-state index contributed by atoms with van der Waals surface area (Å²) in [4.78, 5) is 26.9. The third kappa shape index (κ3) is 4.97. The maximum absolute atomic E-state index is 13.7. The quantitative estimate of drug-likeness (QED) is 0.422. The fourth-order valence-electron chi connectivity index (χ4n) is 4.97. The molecule has 2 aromatic rings. The van der Waals surface area contributed by atoms with Crippen LogP contribution in [0.5, 0.6) is 11.5 Å². The van der Waals surface area contributed by atoms with Crippen molar-refractivity contribution < 1.29 is 23.8 Å². The summed E-state index contributed by atoms with van der Waals surface area (Å²) in [7, 11) is 3.18. The molecule has 0 amide bonds. The van der Waals surface area contributed by atoms with Crippen molar-refractivity contribution in [2.75, 3.05) is 20.8 Å². The molecule has 1 heterocycles. The number of halogens is 2. The van der Waals surface area contributed by atoms with Crippen molar-refractivity contribution in [1.82, 2.24) is 5.32 Å². The number of esters is 1. The van der Waals surface area contributed by atoms with E-state index < -0.39 is 11.9 Å². The average Bonchev–Trinajstić information content (AvgIpc) is 2.86. The van der Waals surface area contributed by atoms with Crippen LogP contribution >= 0.6 is 23.2 Å². The standard InChI is InChI=1S/C28H29Cl2NO5/c1-5-10-36-28(33)25-15(2)31-21-11-17(16-6-9-23(34-3)24(13-16)35-4)12-22(32)27(21)26(25)19-8-7-18(29)14-20(19)30/h6-9,13-14,17,26,31H,5,10-12H2,1-4H3/t17-,26+/m1/s1. The number of dihydropyridines is 1. The number of Topliss-reactive ketones (excluding diaryl/α,β-unsaturated/α-hetero) is 1. The lowest BCUT2D eigenvalue weighted by Gasteiger charge is -2.37. The molecule has 2 atom stereocenters. The van der Waals surface area contributed by atoms with Gasteiger partial charge in [0.15, 0.2) is 17.3 Å². The van der Waals surface area contributed by atoms with E-state index in [0.717, 1.165) is 11.3 Å². The molecule has 0 aromatic heterocycles. The van der Waals surface area contributed by atoms with Gasteiger partial charge in [-0.05, 0) is 61.1 Å². The second kappa shape index (κ2) is 11.0. The Morgan fingerprint density at radius 3 is 2.47 bits per heavy atom. The molecule has 6 nitrogen and oxygen atoms in total. The number of ether oxygens (including phenoxy) is 3. The predicted octanol–water partition coefficient (Wildman–Crippen LogP) is 6.33. The van der Waals surface area contributed by atoms with Gasteiger partial charge in [0, 0.05) is 39.4 Å². The van der Waals surface area contributed by atoms with Crippen molar-refractivity contribution in [2.45, 2.75) is 44.9 Å². The van der Waals surface area contributed by atoms with Gasteiger partial charge in [0.1, 0.15) is 0 Å². The van der Waals surface area contributed by atoms with E-state index in [1.807, 2.05) is 32.0 Å². The van der Waals surface area contributed by atoms with Crippen LogP contribution in [0.15, 0.2) is 58.9 Å². The molecule has 2 aliphatic rings. The predicted molar refractivity (Wildman–Crippen MR) is 140 cm³/mol. The lowest BCUT2D eigenvalue weighted by atomic mass is 9.71. The number of hydrogen-bond acceptors (Lipinski definition) is 6. The fourth-order valence-corrected chi connectivity index (χ4v) is 5.49. The summed E-state index contributed by atoms with van der Waals surface area (Å²) in [5, 5.41) is 4.22. The molecule has 0 saturated carbocycles. The van der Waals surface area contributed by atoms with Gasteiger partial charge in [-0.1, -0.05) is 42.3 Å². The highest BCUT2D eigenvalue weighted by Crippen LogP contribution is 2.48. The van der Waals surface area contributed by atoms with E-state index in [2.05, 4.69) is 5.32 Å². The maximum Gasteiger partial charge on any atom is 0.336 e. The number of carbonyl (C=O) groups is 2. The minimum Gasteiger partial charge on any atom is -0.493 e. The van der Waals surface area contributed by atoms with Crippen molar-refractivity contribution in [2.24, 2.45) is 0 Å². The van der Waals surface area contributed by atoms with Gasteiger partial charge in [-0.3, -0.25) is 4.79 Å². The number of allylic oxidation sites excluding steroid dienone is 3. The Bertz CT molecular complexity index is 1270. The summed E-state index contributed by atoms with van der Waals surface area (Å²) in [6, 6.07) is 10.8. The Hall–Kier alpha value is -2.96. The minimum atomic E-state index is -0.644. The first-order chi connectivity index (χ1) is 17.3. The zero-order chi connectivity index (χ0) is 26.0. The third-order valence-electron chi connectivity index (χ3n) is 6.64. The number of hydrogen-bond donors (Lipinski definition) is 1. The molecule has 0 fully saturated rings. The minimum absolute atomic E-state index is 0.0483. The third-order valence-corrected chi connectivity index (χ3v) is 7.20. The van der Waals surface area contributed by atoms with Crippen LogP contribution in [0.4, 0.5) is 0 Å². The highest BCUT2D eigenvalue weighted by molar-refractivity contribution is 6.35. The summed E-state index contributed by atoms with van der Waals surface area (Å²) in [5.74, 6) is 0.0276. The average molecular weight is 530 g/mol. The van der Waals surface area contributed by atoms with E-state index >= 15 is 0 Å². The molecule has 4 rings (SSSR count). The number of methoxy groups -OCH3 is 2. The Kier molecular flexibility index (Phi) is 7.96. The number of nitrogens with one attached hydrogen (secondary N) is 1. The number of rotatable bonds is 7. The van der Waals surface area contributed by atoms with Gasteiger partial charge < -0.3 is 19.5 Å². The van der Waals surface area contributed by atoms with Gasteiger partial charge in [-0.2, -0.15) is 0 Å². The number of carbonyl (C=O) groups excluding carboxylic acids is 2. The SMILES string of the molecule is CCCOC(=O)C1=C(C)NC2=C(C(=O)C[C@H](c3ccc(OC)c(OC)c3)C2)[C@H]1c1ccc(Cl)cc1Cl. The lowest BCUT2D eigenvalue weighted by Crippen LogP contribution is -2.36. The molecule has 1 aliphatic heterocycles. The van der Waals surface area contributed by atoms with Gasteiger partial charge in [0.2, 0.25) is 0 Å². The van der Waals surface area contributed by atoms with Gasteiger partial charge in [0.25, 0.3) is 0 Å². The van der Waals surface area contributed by atoms with Crippen molar-refractivity contribution in [1.29, 1.82) is 0 Å². The molecule has 2 aromatic carbocycles. The second-order valence-electron chi connectivity index (χ2n) is 8.93. The second-order valence-corrected chi connectivity index (χ2v) is 9.78. The largest absolute Gasteiger partial charge is 0.493 e. The van der Waals surface area contributed by atoms with Crippen molar-refractivity contribution >= 4 is 35.0 Å². The highest BCUT2D eigenvalue weighted by Gasteiger charge is 2.42. The molecule has 0 spiro atoms. The van der Waals surface area contributed by atoms with E-state index in [1.54, 1.807) is 32.4 Å². The molecular weight excluding hydrogens is 501 g/mol. The van der Waals surface area contributed by atoms with Crippen LogP contribution in [0.3, 0.4) is 0 Å². The lowest BCUT2D eigenvalue weighted by molar-refractivity contribution is -0.139. The van der Waals surface area contributed by atoms with Crippen LogP contribution in [-0.4, -0.2) is 32.6 Å². The zero-order valence-corrected chi connectivity index (χ0v) is 22.3. The summed E-state index contributed by atoms with van der Waals surface area (Å²) >= 11 is 12.8. The van der Waals surface area contributed by atoms with E-state index in [4.69, 9.17) is 37.4 Å². The summed E-state index contributed by atoms with van der Waals surface area (Å²) in [6.07, 6.45) is 1.57. The van der Waals surface area contributed by atoms with Crippen molar-refractivity contribution in [3.63, 3.8) is 0 Å². The van der Waals surface area contributed by atoms with E-state index in [0.29, 0.717) is 56.8 Å². The molecule has 0 radical (unpaired) electrons. The molecule has 1 N–H and O–H groups in total. The Balaban J connectivity index is 1.79. The fraction of sp³-hybridized carbons (Fsp3) is 0.357. The molecule has 0 unspecified atom stereocenters. The van der Waals surface area contributed by atoms with Crippen LogP contribution in [0.2, 0.25) is 10.0 Å². The van der Waals surface area contributed by atoms with E-state index in [-0.39, 0.29) is 24.7 Å². The zero-order valence-electron chi connectivity index (χ0n) is 20.7. The molecule has 0 saturated heterocycles. The van der Waals surface area contributed by atoms with Gasteiger partial charge >= 0.3 is 5.97 Å². The number of benzene rings is 2. The van der Waals surface area contributed by atoms with E-state index in [1.165, 1.54) is 0 Å². The molecule has 190 valence electrons. The van der Waals surface area contributed by atoms with Crippen molar-refractivity contribution in [3.8, 4) is 11.5 Å². The molecule has 0 bridgehead atoms. The van der Waals surface area contributed by atoms with E-state index in [9.17, 15) is 9.59 Å². The van der Waals surface area contributed by atoms with Crippen molar-refractivity contribution in [3.05, 3.63) is 80.1 Å². The van der Waals surface area contributed by atoms with Crippen LogP contribution in [0.1, 0.15) is 56.1 Å². The normalized spacial score (nSPS) is 19.6. The van der Waals surface area contributed by atoms with Gasteiger partial charge in [-0.25, -0.2) is 4.79 Å². The van der Waals surface area contributed by atoms with Crippen LogP contribution in [0, 0.1) is 0 Å². The Labute approximate surface area is 221 Å². The summed E-state index contributed by atoms with van der Waals surface area (Å²) in [6.45, 7) is 4.05. The molecule has 8 heteroatoms. The first-order valence-corrected chi connectivity index (χ1v) is 12.6. The van der Waals surface area contributed by atoms with Crippen LogP contribution in [-0.2, 0) is 14.3 Å². The first kappa shape index (κ1) is 26.1. The topological polar surface area (TPSA) is 73.9 Å². The first-order valence-electron chi connectivity index (χ1n) is 11.9. The van der Waals surface area contributed by atoms with Crippen LogP contribution in [0.25, 0.3) is 0 Å². The monoisotopic (exact) mass is 529 g/mol. The maximum atomic E-state index is 13.7. The summed E-state index contributed by atoms with van der Waals surface area (Å²) < 4.78 is 16.3.